The van der Waals surface area contributed by atoms with Crippen LogP contribution in [0.4, 0.5) is 0 Å². The highest BCUT2D eigenvalue weighted by Gasteiger charge is 2.07. The first-order valence-corrected chi connectivity index (χ1v) is 4.76. The molecule has 0 spiro atoms. The van der Waals surface area contributed by atoms with Gasteiger partial charge < -0.3 is 4.74 Å². The fraction of sp³-hybridized carbons (Fsp3) is 0.100. The van der Waals surface area contributed by atoms with Crippen LogP contribution in [0.5, 0.6) is 5.75 Å². The van der Waals surface area contributed by atoms with Crippen LogP contribution in [-0.4, -0.2) is 12.1 Å². The minimum Gasteiger partial charge on any atom is -0.496 e. The van der Waals surface area contributed by atoms with Crippen molar-refractivity contribution in [3.8, 4) is 5.75 Å². The molecule has 0 aliphatic rings. The predicted octanol–water partition coefficient (Wildman–Crippen LogP) is 3.55. The number of aromatic nitrogens is 1. The molecule has 2 rings (SSSR count). The van der Waals surface area contributed by atoms with Crippen molar-refractivity contribution in [2.75, 3.05) is 7.11 Å². The van der Waals surface area contributed by atoms with Crippen LogP contribution in [0.25, 0.3) is 10.9 Å². The Labute approximate surface area is 91.4 Å². The number of hydrogen-bond donors (Lipinski definition) is 0. The Morgan fingerprint density at radius 1 is 1.29 bits per heavy atom. The Morgan fingerprint density at radius 3 is 2.79 bits per heavy atom. The minimum absolute atomic E-state index is 0.400. The molecule has 1 aromatic heterocycles. The first-order valence-electron chi connectivity index (χ1n) is 4.01. The quantitative estimate of drug-likeness (QED) is 0.696. The highest BCUT2D eigenvalue weighted by Crippen LogP contribution is 2.32. The average Bonchev–Trinajstić information content (AvgIpc) is 2.16. The van der Waals surface area contributed by atoms with E-state index in [1.807, 2.05) is 12.1 Å². The highest BCUT2D eigenvalue weighted by molar-refractivity contribution is 6.36. The van der Waals surface area contributed by atoms with Crippen LogP contribution < -0.4 is 4.74 Å². The Kier molecular flexibility index (Phi) is 2.48. The Morgan fingerprint density at radius 2 is 2.07 bits per heavy atom. The van der Waals surface area contributed by atoms with E-state index in [1.165, 1.54) is 0 Å². The molecule has 72 valence electrons. The van der Waals surface area contributed by atoms with Crippen molar-refractivity contribution in [1.82, 2.24) is 4.98 Å². The molecule has 0 radical (unpaired) electrons. The predicted molar refractivity (Wildman–Crippen MR) is 58.3 cm³/mol. The standard InChI is InChI=1S/C10H7Cl2NO/c1-14-8-5-9(12)13-7-4-2-3-6(11)10(7)8/h2-5H,1H3. The molecule has 2 aromatic rings. The zero-order valence-electron chi connectivity index (χ0n) is 7.42. The van der Waals surface area contributed by atoms with Crippen molar-refractivity contribution >= 4 is 34.1 Å². The number of fused-ring (bicyclic) bond motifs is 1. The van der Waals surface area contributed by atoms with E-state index in [0.29, 0.717) is 15.9 Å². The molecule has 0 saturated carbocycles. The SMILES string of the molecule is COc1cc(Cl)nc2cccc(Cl)c12. The van der Waals surface area contributed by atoms with Gasteiger partial charge in [-0.1, -0.05) is 29.3 Å². The highest BCUT2D eigenvalue weighted by atomic mass is 35.5. The maximum Gasteiger partial charge on any atom is 0.133 e. The largest absolute Gasteiger partial charge is 0.496 e. The summed E-state index contributed by atoms with van der Waals surface area (Å²) in [6, 6.07) is 7.11. The first-order chi connectivity index (χ1) is 6.72. The molecule has 0 aliphatic heterocycles. The first kappa shape index (κ1) is 9.56. The summed E-state index contributed by atoms with van der Waals surface area (Å²) in [6.07, 6.45) is 0. The molecule has 1 aromatic carbocycles. The fourth-order valence-corrected chi connectivity index (χ4v) is 1.79. The lowest BCUT2D eigenvalue weighted by molar-refractivity contribution is 0.419. The average molecular weight is 228 g/mol. The monoisotopic (exact) mass is 227 g/mol. The Balaban J connectivity index is 2.88. The number of ether oxygens (including phenoxy) is 1. The third-order valence-corrected chi connectivity index (χ3v) is 2.44. The second-order valence-corrected chi connectivity index (χ2v) is 3.58. The van der Waals surface area contributed by atoms with E-state index in [9.17, 15) is 0 Å². The van der Waals surface area contributed by atoms with Crippen molar-refractivity contribution in [1.29, 1.82) is 0 Å². The van der Waals surface area contributed by atoms with Crippen LogP contribution in [0.3, 0.4) is 0 Å². The molecule has 0 aliphatic carbocycles. The molecule has 0 unspecified atom stereocenters. The lowest BCUT2D eigenvalue weighted by Crippen LogP contribution is -1.88. The molecule has 4 heteroatoms. The van der Waals surface area contributed by atoms with Crippen molar-refractivity contribution in [3.05, 3.63) is 34.4 Å². The smallest absolute Gasteiger partial charge is 0.133 e. The molecule has 0 amide bonds. The van der Waals surface area contributed by atoms with Gasteiger partial charge in [-0.3, -0.25) is 0 Å². The van der Waals surface area contributed by atoms with Crippen LogP contribution >= 0.6 is 23.2 Å². The van der Waals surface area contributed by atoms with Crippen LogP contribution in [0.1, 0.15) is 0 Å². The summed E-state index contributed by atoms with van der Waals surface area (Å²) in [6.45, 7) is 0. The number of halogens is 2. The lowest BCUT2D eigenvalue weighted by Gasteiger charge is -2.06. The molecular formula is C10H7Cl2NO. The van der Waals surface area contributed by atoms with E-state index in [0.717, 1.165) is 10.9 Å². The molecule has 2 nitrogen and oxygen atoms in total. The van der Waals surface area contributed by atoms with Gasteiger partial charge in [-0.15, -0.1) is 0 Å². The molecule has 0 atom stereocenters. The van der Waals surface area contributed by atoms with Gasteiger partial charge in [0.05, 0.1) is 23.0 Å². The summed E-state index contributed by atoms with van der Waals surface area (Å²) in [7, 11) is 1.58. The van der Waals surface area contributed by atoms with E-state index in [1.54, 1.807) is 19.2 Å². The van der Waals surface area contributed by atoms with Crippen molar-refractivity contribution in [2.45, 2.75) is 0 Å². The molecule has 0 saturated heterocycles. The number of methoxy groups -OCH3 is 1. The molecule has 0 N–H and O–H groups in total. The lowest BCUT2D eigenvalue weighted by atomic mass is 10.2. The van der Waals surface area contributed by atoms with Crippen LogP contribution in [0.15, 0.2) is 24.3 Å². The number of rotatable bonds is 1. The minimum atomic E-state index is 0.400. The topological polar surface area (TPSA) is 22.1 Å². The molecule has 14 heavy (non-hydrogen) atoms. The second-order valence-electron chi connectivity index (χ2n) is 2.78. The van der Waals surface area contributed by atoms with Gasteiger partial charge in [0.2, 0.25) is 0 Å². The van der Waals surface area contributed by atoms with Gasteiger partial charge in [0.1, 0.15) is 10.9 Å². The maximum absolute atomic E-state index is 6.03. The summed E-state index contributed by atoms with van der Waals surface area (Å²) >= 11 is 11.9. The third kappa shape index (κ3) is 1.51. The van der Waals surface area contributed by atoms with Gasteiger partial charge in [0.15, 0.2) is 0 Å². The van der Waals surface area contributed by atoms with Gasteiger partial charge in [-0.25, -0.2) is 4.98 Å². The van der Waals surface area contributed by atoms with Gasteiger partial charge in [0.25, 0.3) is 0 Å². The van der Waals surface area contributed by atoms with Crippen molar-refractivity contribution in [3.63, 3.8) is 0 Å². The molecular weight excluding hydrogens is 221 g/mol. The van der Waals surface area contributed by atoms with E-state index >= 15 is 0 Å². The fourth-order valence-electron chi connectivity index (χ4n) is 1.34. The molecule has 0 fully saturated rings. The van der Waals surface area contributed by atoms with Gasteiger partial charge >= 0.3 is 0 Å². The summed E-state index contributed by atoms with van der Waals surface area (Å²) in [5.41, 5.74) is 0.738. The molecule has 0 bridgehead atoms. The number of hydrogen-bond acceptors (Lipinski definition) is 2. The summed E-state index contributed by atoms with van der Waals surface area (Å²) in [4.78, 5) is 4.15. The van der Waals surface area contributed by atoms with Gasteiger partial charge in [0, 0.05) is 6.07 Å². The van der Waals surface area contributed by atoms with E-state index in [-0.39, 0.29) is 0 Å². The van der Waals surface area contributed by atoms with Gasteiger partial charge in [-0.2, -0.15) is 0 Å². The summed E-state index contributed by atoms with van der Waals surface area (Å²) < 4.78 is 5.18. The van der Waals surface area contributed by atoms with Crippen LogP contribution in [0, 0.1) is 0 Å². The normalized spacial score (nSPS) is 10.5. The van der Waals surface area contributed by atoms with Crippen molar-refractivity contribution < 1.29 is 4.74 Å². The number of pyridine rings is 1. The van der Waals surface area contributed by atoms with Gasteiger partial charge in [-0.05, 0) is 12.1 Å². The van der Waals surface area contributed by atoms with Crippen molar-refractivity contribution in [2.24, 2.45) is 0 Å². The zero-order valence-corrected chi connectivity index (χ0v) is 8.93. The Bertz CT molecular complexity index is 485. The second kappa shape index (κ2) is 3.64. The number of benzene rings is 1. The van der Waals surface area contributed by atoms with Crippen LogP contribution in [0.2, 0.25) is 10.2 Å². The van der Waals surface area contributed by atoms with E-state index in [4.69, 9.17) is 27.9 Å². The summed E-state index contributed by atoms with van der Waals surface area (Å²) in [5, 5.41) is 1.81. The third-order valence-electron chi connectivity index (χ3n) is 1.94. The van der Waals surface area contributed by atoms with E-state index < -0.39 is 0 Å². The maximum atomic E-state index is 6.03. The van der Waals surface area contributed by atoms with E-state index in [2.05, 4.69) is 4.98 Å². The molecule has 1 heterocycles. The zero-order chi connectivity index (χ0) is 10.1. The number of nitrogens with zero attached hydrogens (tertiary/aromatic N) is 1. The Hall–Kier alpha value is -0.990. The summed E-state index contributed by atoms with van der Waals surface area (Å²) in [5.74, 6) is 0.644. The van der Waals surface area contributed by atoms with Crippen LogP contribution in [-0.2, 0) is 0 Å².